The van der Waals surface area contributed by atoms with Crippen molar-refractivity contribution in [2.75, 3.05) is 16.8 Å². The highest BCUT2D eigenvalue weighted by Gasteiger charge is 2.26. The molecule has 6 nitrogen and oxygen atoms in total. The van der Waals surface area contributed by atoms with Crippen molar-refractivity contribution in [1.82, 2.24) is 0 Å². The van der Waals surface area contributed by atoms with Gasteiger partial charge in [0.25, 0.3) is 0 Å². The molecule has 3 aromatic rings. The fourth-order valence-electron chi connectivity index (χ4n) is 3.59. The second-order valence-electron chi connectivity index (χ2n) is 7.76. The van der Waals surface area contributed by atoms with Gasteiger partial charge in [0.2, 0.25) is 11.8 Å². The number of anilines is 2. The Bertz CT molecular complexity index is 1230. The minimum absolute atomic E-state index is 0.0847. The molecule has 0 spiro atoms. The van der Waals surface area contributed by atoms with Crippen LogP contribution in [0.25, 0.3) is 0 Å². The average Bonchev–Trinajstić information content (AvgIpc) is 2.91. The third-order valence-electron chi connectivity index (χ3n) is 5.29. The lowest BCUT2D eigenvalue weighted by atomic mass is 10.1. The molecule has 0 unspecified atom stereocenters. The summed E-state index contributed by atoms with van der Waals surface area (Å²) in [5, 5.41) is 2.78. The number of carbonyl (C=O) groups excluding carboxylic acids is 3. The SMILES string of the molecule is CC(=O)c1cccc(NC(=O)CN2C(=O)CC(c3ccc(C)cc3)=Nc3ccccc32)c1. The molecule has 32 heavy (non-hydrogen) atoms. The molecule has 160 valence electrons. The van der Waals surface area contributed by atoms with Crippen molar-refractivity contribution in [3.05, 3.63) is 89.5 Å². The molecular formula is C26H23N3O3. The fraction of sp³-hybridized carbons (Fsp3) is 0.154. The molecule has 1 N–H and O–H groups in total. The zero-order valence-electron chi connectivity index (χ0n) is 18.0. The van der Waals surface area contributed by atoms with Gasteiger partial charge < -0.3 is 10.2 Å². The van der Waals surface area contributed by atoms with E-state index in [2.05, 4.69) is 5.32 Å². The summed E-state index contributed by atoms with van der Waals surface area (Å²) in [7, 11) is 0. The van der Waals surface area contributed by atoms with Crippen LogP contribution in [0.5, 0.6) is 0 Å². The Kier molecular flexibility index (Phi) is 5.94. The number of rotatable bonds is 5. The topological polar surface area (TPSA) is 78.8 Å². The molecule has 1 aliphatic heterocycles. The molecule has 6 heteroatoms. The van der Waals surface area contributed by atoms with Crippen LogP contribution in [0.4, 0.5) is 17.1 Å². The van der Waals surface area contributed by atoms with E-state index in [1.807, 2.05) is 49.4 Å². The van der Waals surface area contributed by atoms with Gasteiger partial charge in [-0.05, 0) is 43.7 Å². The number of ketones is 1. The van der Waals surface area contributed by atoms with E-state index >= 15 is 0 Å². The molecule has 0 aromatic heterocycles. The number of benzene rings is 3. The number of nitrogens with zero attached hydrogens (tertiary/aromatic N) is 2. The van der Waals surface area contributed by atoms with Crippen molar-refractivity contribution in [3.8, 4) is 0 Å². The summed E-state index contributed by atoms with van der Waals surface area (Å²) >= 11 is 0. The van der Waals surface area contributed by atoms with Gasteiger partial charge in [0, 0.05) is 11.3 Å². The first-order valence-corrected chi connectivity index (χ1v) is 10.4. The summed E-state index contributed by atoms with van der Waals surface area (Å²) < 4.78 is 0. The number of nitrogens with one attached hydrogen (secondary N) is 1. The highest BCUT2D eigenvalue weighted by Crippen LogP contribution is 2.33. The predicted octanol–water partition coefficient (Wildman–Crippen LogP) is 4.69. The van der Waals surface area contributed by atoms with Crippen LogP contribution >= 0.6 is 0 Å². The van der Waals surface area contributed by atoms with Gasteiger partial charge in [-0.3, -0.25) is 19.4 Å². The van der Waals surface area contributed by atoms with Gasteiger partial charge in [0.1, 0.15) is 6.54 Å². The van der Waals surface area contributed by atoms with Crippen molar-refractivity contribution in [1.29, 1.82) is 0 Å². The van der Waals surface area contributed by atoms with E-state index in [1.165, 1.54) is 11.8 Å². The summed E-state index contributed by atoms with van der Waals surface area (Å²) in [6.45, 7) is 3.32. The summed E-state index contributed by atoms with van der Waals surface area (Å²) in [6.07, 6.45) is 0.0881. The van der Waals surface area contributed by atoms with E-state index in [0.29, 0.717) is 28.3 Å². The molecule has 0 radical (unpaired) electrons. The van der Waals surface area contributed by atoms with Gasteiger partial charge in [-0.1, -0.05) is 54.1 Å². The standard InChI is InChI=1S/C26H23N3O3/c1-17-10-12-19(13-11-17)23-15-26(32)29(24-9-4-3-8-22(24)28-23)16-25(31)27-21-7-5-6-20(14-21)18(2)30/h3-14H,15-16H2,1-2H3,(H,27,31). The van der Waals surface area contributed by atoms with Crippen molar-refractivity contribution in [3.63, 3.8) is 0 Å². The number of para-hydroxylation sites is 2. The normalized spacial score (nSPS) is 13.1. The number of hydrogen-bond acceptors (Lipinski definition) is 4. The van der Waals surface area contributed by atoms with E-state index in [-0.39, 0.29) is 30.6 Å². The van der Waals surface area contributed by atoms with Gasteiger partial charge >= 0.3 is 0 Å². The van der Waals surface area contributed by atoms with E-state index in [4.69, 9.17) is 4.99 Å². The highest BCUT2D eigenvalue weighted by atomic mass is 16.2. The zero-order chi connectivity index (χ0) is 22.7. The van der Waals surface area contributed by atoms with Crippen LogP contribution in [0, 0.1) is 6.92 Å². The Hall–Kier alpha value is -4.06. The van der Waals surface area contributed by atoms with Crippen LogP contribution in [-0.4, -0.2) is 29.9 Å². The van der Waals surface area contributed by atoms with Crippen LogP contribution < -0.4 is 10.2 Å². The number of aryl methyl sites for hydroxylation is 1. The fourth-order valence-corrected chi connectivity index (χ4v) is 3.59. The monoisotopic (exact) mass is 425 g/mol. The molecule has 0 saturated carbocycles. The minimum atomic E-state index is -0.354. The van der Waals surface area contributed by atoms with E-state index < -0.39 is 0 Å². The number of aliphatic imine (C=N–C) groups is 1. The van der Waals surface area contributed by atoms with Crippen molar-refractivity contribution < 1.29 is 14.4 Å². The van der Waals surface area contributed by atoms with Crippen molar-refractivity contribution >= 4 is 40.4 Å². The average molecular weight is 425 g/mol. The first-order valence-electron chi connectivity index (χ1n) is 10.4. The molecular weight excluding hydrogens is 402 g/mol. The maximum atomic E-state index is 13.2. The highest BCUT2D eigenvalue weighted by molar-refractivity contribution is 6.19. The molecule has 2 amide bonds. The number of carbonyl (C=O) groups is 3. The largest absolute Gasteiger partial charge is 0.325 e. The van der Waals surface area contributed by atoms with Gasteiger partial charge in [-0.15, -0.1) is 0 Å². The van der Waals surface area contributed by atoms with Crippen LogP contribution in [0.15, 0.2) is 77.8 Å². The first kappa shape index (κ1) is 21.2. The Balaban J connectivity index is 1.59. The Morgan fingerprint density at radius 2 is 1.75 bits per heavy atom. The van der Waals surface area contributed by atoms with Crippen LogP contribution in [-0.2, 0) is 9.59 Å². The first-order chi connectivity index (χ1) is 15.4. The molecule has 3 aromatic carbocycles. The van der Waals surface area contributed by atoms with Gasteiger partial charge in [-0.2, -0.15) is 0 Å². The van der Waals surface area contributed by atoms with Gasteiger partial charge in [0.05, 0.1) is 23.5 Å². The second-order valence-corrected chi connectivity index (χ2v) is 7.76. The van der Waals surface area contributed by atoms with E-state index in [1.54, 1.807) is 30.3 Å². The lowest BCUT2D eigenvalue weighted by Gasteiger charge is -2.22. The Morgan fingerprint density at radius 3 is 2.50 bits per heavy atom. The van der Waals surface area contributed by atoms with Gasteiger partial charge in [-0.25, -0.2) is 0 Å². The van der Waals surface area contributed by atoms with Crippen LogP contribution in [0.2, 0.25) is 0 Å². The quantitative estimate of drug-likeness (QED) is 0.602. The maximum absolute atomic E-state index is 13.2. The Labute approximate surface area is 186 Å². The summed E-state index contributed by atoms with van der Waals surface area (Å²) in [6, 6.07) is 21.9. The van der Waals surface area contributed by atoms with E-state index in [9.17, 15) is 14.4 Å². The van der Waals surface area contributed by atoms with Crippen LogP contribution in [0.3, 0.4) is 0 Å². The summed E-state index contributed by atoms with van der Waals surface area (Å²) in [5.74, 6) is -0.645. The number of amides is 2. The van der Waals surface area contributed by atoms with Crippen molar-refractivity contribution in [2.24, 2.45) is 4.99 Å². The third kappa shape index (κ3) is 4.64. The Morgan fingerprint density at radius 1 is 1.00 bits per heavy atom. The summed E-state index contributed by atoms with van der Waals surface area (Å²) in [5.41, 5.74) is 4.92. The minimum Gasteiger partial charge on any atom is -0.325 e. The molecule has 0 bridgehead atoms. The second kappa shape index (κ2) is 8.98. The number of fused-ring (bicyclic) bond motifs is 1. The maximum Gasteiger partial charge on any atom is 0.244 e. The molecule has 1 heterocycles. The molecule has 0 saturated heterocycles. The smallest absolute Gasteiger partial charge is 0.244 e. The van der Waals surface area contributed by atoms with E-state index in [0.717, 1.165) is 11.1 Å². The number of hydrogen-bond donors (Lipinski definition) is 1. The zero-order valence-corrected chi connectivity index (χ0v) is 18.0. The molecule has 4 rings (SSSR count). The molecule has 0 atom stereocenters. The lowest BCUT2D eigenvalue weighted by molar-refractivity contribution is -0.120. The van der Waals surface area contributed by atoms with Crippen LogP contribution in [0.1, 0.15) is 34.8 Å². The molecule has 0 aliphatic carbocycles. The lowest BCUT2D eigenvalue weighted by Crippen LogP contribution is -2.38. The number of Topliss-reactive ketones (excluding diaryl/α,β-unsaturated/α-hetero) is 1. The third-order valence-corrected chi connectivity index (χ3v) is 5.29. The predicted molar refractivity (Wildman–Crippen MR) is 126 cm³/mol. The van der Waals surface area contributed by atoms with Crippen molar-refractivity contribution in [2.45, 2.75) is 20.3 Å². The van der Waals surface area contributed by atoms with Gasteiger partial charge in [0.15, 0.2) is 5.78 Å². The summed E-state index contributed by atoms with van der Waals surface area (Å²) in [4.78, 5) is 43.8. The molecule has 1 aliphatic rings. The molecule has 0 fully saturated rings.